The van der Waals surface area contributed by atoms with E-state index in [1.807, 2.05) is 24.3 Å². The standard InChI is InChI=1S/C32H29F4N3O6/c33-31(34)25-18-24(14-15-26(25)44-32(35,36)45-31)38-30(43)39-28(21-8-6-20(7-9-21)19-4-2-1-3-5-19)22-10-12-23(13-11-22)29(42)37-17-16-27(40)41/h4,6-15,18,28H,1-3,5,16-17H2,(H,37,42)(H,40,41)(H2,38,39,43). The van der Waals surface area contributed by atoms with Crippen molar-refractivity contribution in [1.82, 2.24) is 10.6 Å². The number of carbonyl (C=O) groups excluding carboxylic acids is 2. The Hall–Kier alpha value is -4.91. The number of aliphatic carboxylic acids is 1. The van der Waals surface area contributed by atoms with Crippen molar-refractivity contribution in [1.29, 1.82) is 0 Å². The van der Waals surface area contributed by atoms with Gasteiger partial charge in [0.2, 0.25) is 0 Å². The van der Waals surface area contributed by atoms with E-state index in [9.17, 15) is 31.9 Å². The SMILES string of the molecule is O=C(O)CCNC(=O)c1ccc(C(NC(=O)Nc2ccc3c(c2)C(F)(F)OC(F)(F)O3)c2ccc(C3=CCCCC3)cc2)cc1. The van der Waals surface area contributed by atoms with Gasteiger partial charge in [0.05, 0.1) is 18.0 Å². The van der Waals surface area contributed by atoms with Crippen molar-refractivity contribution >= 4 is 29.2 Å². The quantitative estimate of drug-likeness (QED) is 0.194. The highest BCUT2D eigenvalue weighted by molar-refractivity contribution is 5.94. The monoisotopic (exact) mass is 627 g/mol. The lowest BCUT2D eigenvalue weighted by molar-refractivity contribution is -0.461. The van der Waals surface area contributed by atoms with Gasteiger partial charge in [-0.3, -0.25) is 9.59 Å². The summed E-state index contributed by atoms with van der Waals surface area (Å²) in [5.74, 6) is -2.30. The Balaban J connectivity index is 1.37. The topological polar surface area (TPSA) is 126 Å². The average molecular weight is 628 g/mol. The van der Waals surface area contributed by atoms with E-state index in [2.05, 4.69) is 31.5 Å². The number of ether oxygens (including phenoxy) is 2. The first kappa shape index (κ1) is 31.5. The maximum Gasteiger partial charge on any atom is 0.540 e. The lowest BCUT2D eigenvalue weighted by atomic mass is 9.91. The molecule has 0 fully saturated rings. The summed E-state index contributed by atoms with van der Waals surface area (Å²) in [6.07, 6.45) is -2.69. The van der Waals surface area contributed by atoms with Gasteiger partial charge < -0.3 is 25.8 Å². The first-order chi connectivity index (χ1) is 21.4. The lowest BCUT2D eigenvalue weighted by Gasteiger charge is -2.30. The van der Waals surface area contributed by atoms with Crippen molar-refractivity contribution in [3.63, 3.8) is 0 Å². The molecule has 236 valence electrons. The molecule has 1 unspecified atom stereocenters. The molecule has 0 spiro atoms. The van der Waals surface area contributed by atoms with Gasteiger partial charge in [-0.05, 0) is 78.3 Å². The predicted molar refractivity (Wildman–Crippen MR) is 155 cm³/mol. The molecule has 13 heteroatoms. The summed E-state index contributed by atoms with van der Waals surface area (Å²) >= 11 is 0. The zero-order valence-corrected chi connectivity index (χ0v) is 23.7. The first-order valence-electron chi connectivity index (χ1n) is 14.2. The van der Waals surface area contributed by atoms with Gasteiger partial charge in [-0.15, -0.1) is 8.78 Å². The Morgan fingerprint density at radius 3 is 2.24 bits per heavy atom. The number of hydrogen-bond acceptors (Lipinski definition) is 5. The molecule has 3 aromatic rings. The molecule has 0 saturated carbocycles. The van der Waals surface area contributed by atoms with Crippen LogP contribution in [0.25, 0.3) is 5.57 Å². The lowest BCUT2D eigenvalue weighted by Crippen LogP contribution is -2.41. The summed E-state index contributed by atoms with van der Waals surface area (Å²) < 4.78 is 62.9. The van der Waals surface area contributed by atoms with Gasteiger partial charge >= 0.3 is 24.4 Å². The van der Waals surface area contributed by atoms with Crippen LogP contribution in [0.3, 0.4) is 0 Å². The van der Waals surface area contributed by atoms with Gasteiger partial charge in [0, 0.05) is 17.8 Å². The van der Waals surface area contributed by atoms with E-state index in [1.165, 1.54) is 17.7 Å². The Morgan fingerprint density at radius 2 is 1.60 bits per heavy atom. The van der Waals surface area contributed by atoms with E-state index in [-0.39, 0.29) is 24.2 Å². The van der Waals surface area contributed by atoms with Gasteiger partial charge in [0.1, 0.15) is 5.75 Å². The number of anilines is 1. The molecule has 4 N–H and O–H groups in total. The van der Waals surface area contributed by atoms with E-state index < -0.39 is 47.7 Å². The molecule has 0 aromatic heterocycles. The molecule has 5 rings (SSSR count). The molecule has 1 heterocycles. The van der Waals surface area contributed by atoms with Crippen molar-refractivity contribution in [3.05, 3.63) is 101 Å². The molecule has 2 aliphatic rings. The van der Waals surface area contributed by atoms with Crippen LogP contribution in [0.1, 0.15) is 70.8 Å². The normalized spacial score (nSPS) is 17.1. The number of amides is 3. The maximum atomic E-state index is 14.3. The molecule has 1 atom stereocenters. The van der Waals surface area contributed by atoms with Crippen molar-refractivity contribution in [2.45, 2.75) is 50.5 Å². The summed E-state index contributed by atoms with van der Waals surface area (Å²) in [5.41, 5.74) is 2.73. The van der Waals surface area contributed by atoms with Crippen LogP contribution in [0.15, 0.2) is 72.8 Å². The molecule has 0 saturated heterocycles. The third kappa shape index (κ3) is 7.79. The summed E-state index contributed by atoms with van der Waals surface area (Å²) in [5, 5.41) is 16.6. The molecular weight excluding hydrogens is 598 g/mol. The zero-order chi connectivity index (χ0) is 32.2. The van der Waals surface area contributed by atoms with Crippen molar-refractivity contribution in [2.24, 2.45) is 0 Å². The number of carboxylic acid groups (broad SMARTS) is 1. The zero-order valence-electron chi connectivity index (χ0n) is 23.7. The van der Waals surface area contributed by atoms with Gasteiger partial charge in [-0.2, -0.15) is 8.78 Å². The van der Waals surface area contributed by atoms with Gasteiger partial charge in [-0.1, -0.05) is 42.5 Å². The fourth-order valence-electron chi connectivity index (χ4n) is 5.14. The third-order valence-electron chi connectivity index (χ3n) is 7.34. The van der Waals surface area contributed by atoms with E-state index in [4.69, 9.17) is 5.11 Å². The van der Waals surface area contributed by atoms with E-state index in [0.29, 0.717) is 11.1 Å². The minimum Gasteiger partial charge on any atom is -0.481 e. The minimum atomic E-state index is -4.52. The second kappa shape index (κ2) is 13.0. The second-order valence-electron chi connectivity index (χ2n) is 10.5. The fraction of sp³-hybridized carbons (Fsp3) is 0.281. The van der Waals surface area contributed by atoms with Crippen LogP contribution in [-0.2, 0) is 15.6 Å². The van der Waals surface area contributed by atoms with Crippen LogP contribution in [0.2, 0.25) is 0 Å². The third-order valence-corrected chi connectivity index (χ3v) is 7.34. The van der Waals surface area contributed by atoms with E-state index >= 15 is 0 Å². The molecule has 1 aliphatic carbocycles. The number of allylic oxidation sites excluding steroid dienone is 2. The minimum absolute atomic E-state index is 0.0433. The molecular formula is C32H29F4N3O6. The number of hydrogen-bond donors (Lipinski definition) is 4. The number of urea groups is 1. The average Bonchev–Trinajstić information content (AvgIpc) is 3.00. The Bertz CT molecular complexity index is 1610. The smallest absolute Gasteiger partial charge is 0.481 e. The molecule has 9 nitrogen and oxygen atoms in total. The van der Waals surface area contributed by atoms with Crippen LogP contribution in [0.5, 0.6) is 5.75 Å². The Labute approximate surface area is 255 Å². The second-order valence-corrected chi connectivity index (χ2v) is 10.5. The van der Waals surface area contributed by atoms with E-state index in [0.717, 1.165) is 49.4 Å². The number of halogens is 4. The summed E-state index contributed by atoms with van der Waals surface area (Å²) in [6.45, 7) is -0.0433. The highest BCUT2D eigenvalue weighted by Gasteiger charge is 2.54. The molecule has 1 aliphatic heterocycles. The number of benzene rings is 3. The molecule has 3 amide bonds. The fourth-order valence-corrected chi connectivity index (χ4v) is 5.14. The number of fused-ring (bicyclic) bond motifs is 1. The predicted octanol–water partition coefficient (Wildman–Crippen LogP) is 6.77. The molecule has 0 radical (unpaired) electrons. The van der Waals surface area contributed by atoms with Gasteiger partial charge in [0.25, 0.3) is 5.91 Å². The van der Waals surface area contributed by atoms with E-state index in [1.54, 1.807) is 12.1 Å². The van der Waals surface area contributed by atoms with Gasteiger partial charge in [-0.25, -0.2) is 9.53 Å². The van der Waals surface area contributed by atoms with Gasteiger partial charge in [0.15, 0.2) is 0 Å². The summed E-state index contributed by atoms with van der Waals surface area (Å²) in [6, 6.07) is 15.2. The summed E-state index contributed by atoms with van der Waals surface area (Å²) in [7, 11) is 0. The number of rotatable bonds is 9. The van der Waals surface area contributed by atoms with Crippen LogP contribution in [0, 0.1) is 0 Å². The van der Waals surface area contributed by atoms with Crippen molar-refractivity contribution in [3.8, 4) is 5.75 Å². The highest BCUT2D eigenvalue weighted by Crippen LogP contribution is 2.47. The number of alkyl halides is 4. The molecule has 0 bridgehead atoms. The van der Waals surface area contributed by atoms with Crippen LogP contribution < -0.4 is 20.7 Å². The van der Waals surface area contributed by atoms with Crippen molar-refractivity contribution < 1.29 is 46.5 Å². The maximum absolute atomic E-state index is 14.3. The van der Waals surface area contributed by atoms with Crippen LogP contribution in [0.4, 0.5) is 28.0 Å². The highest BCUT2D eigenvalue weighted by atomic mass is 19.3. The first-order valence-corrected chi connectivity index (χ1v) is 14.2. The van der Waals surface area contributed by atoms with Crippen LogP contribution in [-0.4, -0.2) is 35.9 Å². The number of carbonyl (C=O) groups is 3. The Morgan fingerprint density at radius 1 is 0.911 bits per heavy atom. The number of carboxylic acids is 1. The summed E-state index contributed by atoms with van der Waals surface area (Å²) in [4.78, 5) is 36.3. The van der Waals surface area contributed by atoms with Crippen LogP contribution >= 0.6 is 0 Å². The molecule has 3 aromatic carbocycles. The number of nitrogens with one attached hydrogen (secondary N) is 3. The largest absolute Gasteiger partial charge is 0.540 e. The van der Waals surface area contributed by atoms with Crippen molar-refractivity contribution in [2.75, 3.05) is 11.9 Å². The molecule has 45 heavy (non-hydrogen) atoms. The Kier molecular flexibility index (Phi) is 9.09.